The van der Waals surface area contributed by atoms with Crippen LogP contribution in [0.3, 0.4) is 0 Å². The van der Waals surface area contributed by atoms with E-state index in [4.69, 9.17) is 25.7 Å². The van der Waals surface area contributed by atoms with Crippen LogP contribution in [0.25, 0.3) is 33.5 Å². The van der Waals surface area contributed by atoms with E-state index in [0.29, 0.717) is 48.6 Å². The van der Waals surface area contributed by atoms with Crippen LogP contribution in [0, 0.1) is 5.82 Å². The van der Waals surface area contributed by atoms with Gasteiger partial charge in [0.05, 0.1) is 21.6 Å². The first-order chi connectivity index (χ1) is 19.4. The van der Waals surface area contributed by atoms with Gasteiger partial charge in [0.15, 0.2) is 5.76 Å². The normalized spacial score (nSPS) is 11.6. The van der Waals surface area contributed by atoms with Crippen molar-refractivity contribution in [1.29, 1.82) is 0 Å². The summed E-state index contributed by atoms with van der Waals surface area (Å²) in [6.45, 7) is -0.0228. The van der Waals surface area contributed by atoms with Gasteiger partial charge < -0.3 is 9.15 Å². The molecule has 0 radical (unpaired) electrons. The number of aromatic nitrogens is 2. The lowest BCUT2D eigenvalue weighted by Gasteiger charge is -2.13. The van der Waals surface area contributed by atoms with Crippen molar-refractivity contribution in [2.75, 3.05) is 0 Å². The number of nitrogens with zero attached hydrogens (tertiary/aromatic N) is 3. The number of hydrogen-bond donors (Lipinski definition) is 0. The number of halogens is 4. The summed E-state index contributed by atoms with van der Waals surface area (Å²) in [6, 6.07) is 24.1. The summed E-state index contributed by atoms with van der Waals surface area (Å²) in [5.41, 5.74) is 1.62. The van der Waals surface area contributed by atoms with Crippen LogP contribution in [0.5, 0.6) is 5.75 Å². The fourth-order valence-electron chi connectivity index (χ4n) is 4.23. The molecule has 0 aliphatic heterocycles. The summed E-state index contributed by atoms with van der Waals surface area (Å²) in [6.07, 6.45) is 1.45. The van der Waals surface area contributed by atoms with Crippen molar-refractivity contribution in [3.8, 4) is 17.3 Å². The average molecular weight is 682 g/mol. The topological polar surface area (TPSA) is 69.6 Å². The number of hydrogen-bond acceptors (Lipinski definition) is 5. The summed E-state index contributed by atoms with van der Waals surface area (Å²) in [4.78, 5) is 18.3. The van der Waals surface area contributed by atoms with Crippen molar-refractivity contribution in [2.45, 2.75) is 6.61 Å². The molecule has 0 bridgehead atoms. The SMILES string of the molecule is O=c1c2ccccc2nc(-c2cc3cc(Br)ccc3o2)n1N=Cc1cc(Cl)cc(Br)c1OCc1ccccc1F. The molecule has 0 saturated heterocycles. The van der Waals surface area contributed by atoms with Gasteiger partial charge in [0.25, 0.3) is 5.56 Å². The molecule has 0 saturated carbocycles. The smallest absolute Gasteiger partial charge is 0.282 e. The first kappa shape index (κ1) is 26.4. The van der Waals surface area contributed by atoms with Crippen LogP contribution < -0.4 is 10.3 Å². The Hall–Kier alpha value is -3.79. The van der Waals surface area contributed by atoms with Crippen LogP contribution in [0.4, 0.5) is 4.39 Å². The van der Waals surface area contributed by atoms with E-state index in [1.165, 1.54) is 17.0 Å². The second-order valence-electron chi connectivity index (χ2n) is 8.79. The summed E-state index contributed by atoms with van der Waals surface area (Å²) in [7, 11) is 0. The van der Waals surface area contributed by atoms with E-state index in [1.54, 1.807) is 48.5 Å². The minimum atomic E-state index is -0.381. The molecule has 6 aromatic rings. The molecule has 0 aliphatic rings. The second-order valence-corrected chi connectivity index (χ2v) is 11.0. The van der Waals surface area contributed by atoms with Crippen LogP contribution >= 0.6 is 43.5 Å². The monoisotopic (exact) mass is 679 g/mol. The van der Waals surface area contributed by atoms with E-state index >= 15 is 0 Å². The standard InChI is InChI=1S/C30H17Br2ClFN3O3/c31-20-9-10-26-18(11-20)13-27(40-26)29-36-25-8-4-2-6-22(25)30(38)37(29)35-15-19-12-21(33)14-23(32)28(19)39-16-17-5-1-3-7-24(17)34/h1-15H,16H2. The van der Waals surface area contributed by atoms with E-state index in [0.717, 1.165) is 9.86 Å². The Balaban J connectivity index is 1.47. The van der Waals surface area contributed by atoms with Crippen LogP contribution in [-0.4, -0.2) is 15.9 Å². The number of para-hydroxylation sites is 1. The minimum Gasteiger partial charge on any atom is -0.487 e. The lowest BCUT2D eigenvalue weighted by Crippen LogP contribution is -2.20. The fraction of sp³-hybridized carbons (Fsp3) is 0.0333. The molecule has 2 heterocycles. The highest BCUT2D eigenvalue weighted by Crippen LogP contribution is 2.33. The molecule has 10 heteroatoms. The third-order valence-electron chi connectivity index (χ3n) is 6.13. The Bertz CT molecular complexity index is 2010. The lowest BCUT2D eigenvalue weighted by molar-refractivity contribution is 0.297. The quantitative estimate of drug-likeness (QED) is 0.165. The van der Waals surface area contributed by atoms with Gasteiger partial charge in [0.1, 0.15) is 23.8 Å². The van der Waals surface area contributed by atoms with Gasteiger partial charge in [0, 0.05) is 26.0 Å². The molecule has 40 heavy (non-hydrogen) atoms. The average Bonchev–Trinajstić information content (AvgIpc) is 3.36. The molecule has 0 unspecified atom stereocenters. The van der Waals surface area contributed by atoms with Crippen molar-refractivity contribution in [3.63, 3.8) is 0 Å². The molecule has 0 N–H and O–H groups in total. The fourth-order valence-corrected chi connectivity index (χ4v) is 5.56. The Morgan fingerprint density at radius 2 is 1.82 bits per heavy atom. The van der Waals surface area contributed by atoms with Crippen molar-refractivity contribution in [1.82, 2.24) is 9.66 Å². The van der Waals surface area contributed by atoms with Gasteiger partial charge in [-0.1, -0.05) is 57.9 Å². The van der Waals surface area contributed by atoms with Gasteiger partial charge in [-0.3, -0.25) is 4.79 Å². The van der Waals surface area contributed by atoms with Crippen LogP contribution in [0.1, 0.15) is 11.1 Å². The molecular formula is C30H17Br2ClFN3O3. The third-order valence-corrected chi connectivity index (χ3v) is 7.43. The molecule has 0 spiro atoms. The predicted octanol–water partition coefficient (Wildman–Crippen LogP) is 8.59. The van der Waals surface area contributed by atoms with Gasteiger partial charge in [-0.2, -0.15) is 9.78 Å². The zero-order valence-electron chi connectivity index (χ0n) is 20.4. The highest BCUT2D eigenvalue weighted by molar-refractivity contribution is 9.10. The minimum absolute atomic E-state index is 0.0228. The predicted molar refractivity (Wildman–Crippen MR) is 162 cm³/mol. The number of fused-ring (bicyclic) bond motifs is 2. The van der Waals surface area contributed by atoms with Crippen molar-refractivity contribution >= 4 is 71.5 Å². The Morgan fingerprint density at radius 3 is 2.67 bits per heavy atom. The second kappa shape index (κ2) is 11.0. The van der Waals surface area contributed by atoms with Gasteiger partial charge in [-0.25, -0.2) is 9.37 Å². The zero-order chi connectivity index (χ0) is 27.8. The molecule has 2 aromatic heterocycles. The van der Waals surface area contributed by atoms with E-state index in [2.05, 4.69) is 37.0 Å². The van der Waals surface area contributed by atoms with Gasteiger partial charge in [-0.15, -0.1) is 0 Å². The summed E-state index contributed by atoms with van der Waals surface area (Å²) in [5.74, 6) is 0.603. The molecule has 0 fully saturated rings. The van der Waals surface area contributed by atoms with E-state index in [1.807, 2.05) is 30.3 Å². The van der Waals surface area contributed by atoms with Crippen molar-refractivity contribution in [2.24, 2.45) is 5.10 Å². The Kier molecular flexibility index (Phi) is 7.27. The largest absolute Gasteiger partial charge is 0.487 e. The first-order valence-electron chi connectivity index (χ1n) is 12.0. The number of benzene rings is 4. The van der Waals surface area contributed by atoms with Gasteiger partial charge in [-0.05, 0) is 70.5 Å². The highest BCUT2D eigenvalue weighted by atomic mass is 79.9. The van der Waals surface area contributed by atoms with Crippen LogP contribution in [-0.2, 0) is 6.61 Å². The molecule has 6 rings (SSSR count). The molecule has 198 valence electrons. The molecule has 0 aliphatic carbocycles. The number of furan rings is 1. The molecular weight excluding hydrogens is 665 g/mol. The maximum atomic E-state index is 14.2. The zero-order valence-corrected chi connectivity index (χ0v) is 24.4. The molecule has 6 nitrogen and oxygen atoms in total. The first-order valence-corrected chi connectivity index (χ1v) is 13.9. The number of rotatable bonds is 6. The Morgan fingerprint density at radius 1 is 1.02 bits per heavy atom. The molecule has 4 aromatic carbocycles. The maximum absolute atomic E-state index is 14.2. The lowest BCUT2D eigenvalue weighted by atomic mass is 10.2. The Labute approximate surface area is 248 Å². The molecule has 0 amide bonds. The van der Waals surface area contributed by atoms with Crippen molar-refractivity contribution < 1.29 is 13.5 Å². The van der Waals surface area contributed by atoms with Crippen LogP contribution in [0.2, 0.25) is 5.02 Å². The third kappa shape index (κ3) is 5.20. The van der Waals surface area contributed by atoms with E-state index < -0.39 is 0 Å². The maximum Gasteiger partial charge on any atom is 0.282 e. The number of ether oxygens (including phenoxy) is 1. The van der Waals surface area contributed by atoms with Gasteiger partial charge >= 0.3 is 0 Å². The highest BCUT2D eigenvalue weighted by Gasteiger charge is 2.17. The summed E-state index contributed by atoms with van der Waals surface area (Å²) in [5, 5.41) is 6.17. The van der Waals surface area contributed by atoms with Gasteiger partial charge in [0.2, 0.25) is 5.82 Å². The van der Waals surface area contributed by atoms with Crippen molar-refractivity contribution in [3.05, 3.63) is 126 Å². The molecule has 0 atom stereocenters. The van der Waals surface area contributed by atoms with Crippen LogP contribution in [0.15, 0.2) is 108 Å². The van der Waals surface area contributed by atoms with E-state index in [9.17, 15) is 9.18 Å². The summed E-state index contributed by atoms with van der Waals surface area (Å²) >= 11 is 13.3. The van der Waals surface area contributed by atoms with E-state index in [-0.39, 0.29) is 23.8 Å². The summed E-state index contributed by atoms with van der Waals surface area (Å²) < 4.78 is 28.9.